The van der Waals surface area contributed by atoms with Gasteiger partial charge in [-0.1, -0.05) is 0 Å². The van der Waals surface area contributed by atoms with Gasteiger partial charge >= 0.3 is 0 Å². The van der Waals surface area contributed by atoms with Crippen LogP contribution < -0.4 is 24.3 Å². The highest BCUT2D eigenvalue weighted by Crippen LogP contribution is 2.40. The molecule has 1 heterocycles. The summed E-state index contributed by atoms with van der Waals surface area (Å²) in [5, 5.41) is 3.18. The van der Waals surface area contributed by atoms with Crippen molar-refractivity contribution < 1.29 is 28.5 Å². The second kappa shape index (κ2) is 7.91. The number of aromatic nitrogens is 1. The van der Waals surface area contributed by atoms with Gasteiger partial charge in [-0.05, 0) is 18.2 Å². The average Bonchev–Trinajstić information content (AvgIpc) is 3.15. The SMILES string of the molecule is COc1ccc2[nH]cc(C(=O)C(=O)Nc3cc(OC)c(OC)c(OC)c3)c2c1. The fourth-order valence-corrected chi connectivity index (χ4v) is 2.88. The van der Waals surface area contributed by atoms with E-state index in [2.05, 4.69) is 10.3 Å². The molecular formula is C20H20N2O6. The predicted octanol–water partition coefficient (Wildman–Crippen LogP) is 3.02. The average molecular weight is 384 g/mol. The highest BCUT2D eigenvalue weighted by molar-refractivity contribution is 6.48. The summed E-state index contributed by atoms with van der Waals surface area (Å²) in [5.74, 6) is 0.221. The van der Waals surface area contributed by atoms with Crippen LogP contribution in [0.4, 0.5) is 5.69 Å². The van der Waals surface area contributed by atoms with Gasteiger partial charge in [-0.25, -0.2) is 0 Å². The molecule has 2 N–H and O–H groups in total. The molecule has 8 heteroatoms. The number of carbonyl (C=O) groups is 2. The molecule has 0 aliphatic carbocycles. The van der Waals surface area contributed by atoms with Crippen LogP contribution in [0.1, 0.15) is 10.4 Å². The van der Waals surface area contributed by atoms with Crippen LogP contribution in [0.15, 0.2) is 36.5 Å². The molecule has 8 nitrogen and oxygen atoms in total. The monoisotopic (exact) mass is 384 g/mol. The third-order valence-electron chi connectivity index (χ3n) is 4.26. The van der Waals surface area contributed by atoms with Gasteiger partial charge in [-0.3, -0.25) is 9.59 Å². The number of amides is 1. The van der Waals surface area contributed by atoms with Crippen molar-refractivity contribution in [2.24, 2.45) is 0 Å². The minimum atomic E-state index is -0.794. The lowest BCUT2D eigenvalue weighted by atomic mass is 10.1. The number of rotatable bonds is 7. The Balaban J connectivity index is 1.90. The molecule has 3 rings (SSSR count). The van der Waals surface area contributed by atoms with Gasteiger partial charge in [-0.2, -0.15) is 0 Å². The first-order valence-electron chi connectivity index (χ1n) is 8.33. The summed E-state index contributed by atoms with van der Waals surface area (Å²) in [4.78, 5) is 28.2. The normalized spacial score (nSPS) is 10.4. The van der Waals surface area contributed by atoms with E-state index in [1.165, 1.54) is 34.6 Å². The quantitative estimate of drug-likeness (QED) is 0.480. The molecule has 0 spiro atoms. The van der Waals surface area contributed by atoms with Gasteiger partial charge in [-0.15, -0.1) is 0 Å². The van der Waals surface area contributed by atoms with Gasteiger partial charge in [0.2, 0.25) is 5.75 Å². The van der Waals surface area contributed by atoms with Crippen molar-refractivity contribution in [3.05, 3.63) is 42.1 Å². The molecule has 0 saturated heterocycles. The van der Waals surface area contributed by atoms with Crippen molar-refractivity contribution in [2.75, 3.05) is 33.8 Å². The van der Waals surface area contributed by atoms with Gasteiger partial charge < -0.3 is 29.2 Å². The Kier molecular flexibility index (Phi) is 5.39. The maximum absolute atomic E-state index is 12.7. The Labute approximate surface area is 161 Å². The van der Waals surface area contributed by atoms with E-state index in [1.54, 1.807) is 30.3 Å². The van der Waals surface area contributed by atoms with Crippen molar-refractivity contribution in [2.45, 2.75) is 0 Å². The molecule has 0 unspecified atom stereocenters. The van der Waals surface area contributed by atoms with E-state index < -0.39 is 11.7 Å². The van der Waals surface area contributed by atoms with E-state index in [-0.39, 0.29) is 5.56 Å². The predicted molar refractivity (Wildman–Crippen MR) is 104 cm³/mol. The number of Topliss-reactive ketones (excluding diaryl/α,β-unsaturated/α-hetero) is 1. The van der Waals surface area contributed by atoms with Gasteiger partial charge in [0.15, 0.2) is 11.5 Å². The summed E-state index contributed by atoms with van der Waals surface area (Å²) in [6.07, 6.45) is 1.50. The fourth-order valence-electron chi connectivity index (χ4n) is 2.88. The number of ketones is 1. The van der Waals surface area contributed by atoms with Crippen molar-refractivity contribution in [1.82, 2.24) is 4.98 Å². The molecule has 1 aromatic heterocycles. The number of nitrogens with one attached hydrogen (secondary N) is 2. The second-order valence-corrected chi connectivity index (χ2v) is 5.81. The first kappa shape index (κ1) is 19.1. The first-order valence-corrected chi connectivity index (χ1v) is 8.33. The van der Waals surface area contributed by atoms with Crippen LogP contribution >= 0.6 is 0 Å². The highest BCUT2D eigenvalue weighted by atomic mass is 16.5. The summed E-state index contributed by atoms with van der Waals surface area (Å²) < 4.78 is 21.0. The Morgan fingerprint density at radius 2 is 1.57 bits per heavy atom. The number of hydrogen-bond acceptors (Lipinski definition) is 6. The third-order valence-corrected chi connectivity index (χ3v) is 4.26. The van der Waals surface area contributed by atoms with Crippen LogP contribution in [0.5, 0.6) is 23.0 Å². The zero-order valence-corrected chi connectivity index (χ0v) is 15.9. The van der Waals surface area contributed by atoms with E-state index in [0.29, 0.717) is 34.1 Å². The summed E-state index contributed by atoms with van der Waals surface area (Å²) in [6.45, 7) is 0. The molecule has 3 aromatic rings. The largest absolute Gasteiger partial charge is 0.497 e. The number of anilines is 1. The maximum atomic E-state index is 12.7. The van der Waals surface area contributed by atoms with Crippen LogP contribution in [0.3, 0.4) is 0 Å². The summed E-state index contributed by atoms with van der Waals surface area (Å²) in [5.41, 5.74) is 1.31. The lowest BCUT2D eigenvalue weighted by molar-refractivity contribution is -0.112. The van der Waals surface area contributed by atoms with E-state index in [1.807, 2.05) is 0 Å². The van der Waals surface area contributed by atoms with Crippen molar-refractivity contribution >= 4 is 28.3 Å². The Bertz CT molecular complexity index is 1020. The molecule has 2 aromatic carbocycles. The lowest BCUT2D eigenvalue weighted by Crippen LogP contribution is -2.22. The van der Waals surface area contributed by atoms with Crippen LogP contribution in [-0.4, -0.2) is 45.1 Å². The smallest absolute Gasteiger partial charge is 0.296 e. The number of fused-ring (bicyclic) bond motifs is 1. The number of H-pyrrole nitrogens is 1. The van der Waals surface area contributed by atoms with Crippen LogP contribution in [0.2, 0.25) is 0 Å². The van der Waals surface area contributed by atoms with Gasteiger partial charge in [0, 0.05) is 34.9 Å². The van der Waals surface area contributed by atoms with Crippen molar-refractivity contribution in [3.8, 4) is 23.0 Å². The number of methoxy groups -OCH3 is 4. The first-order chi connectivity index (χ1) is 13.5. The Morgan fingerprint density at radius 3 is 2.14 bits per heavy atom. The molecule has 0 atom stereocenters. The molecule has 146 valence electrons. The topological polar surface area (TPSA) is 98.9 Å². The molecule has 0 radical (unpaired) electrons. The fraction of sp³-hybridized carbons (Fsp3) is 0.200. The number of carbonyl (C=O) groups excluding carboxylic acids is 2. The zero-order valence-electron chi connectivity index (χ0n) is 15.9. The highest BCUT2D eigenvalue weighted by Gasteiger charge is 2.22. The van der Waals surface area contributed by atoms with Gasteiger partial charge in [0.25, 0.3) is 11.7 Å². The molecule has 0 saturated carbocycles. The minimum Gasteiger partial charge on any atom is -0.497 e. The zero-order chi connectivity index (χ0) is 20.3. The molecule has 0 bridgehead atoms. The second-order valence-electron chi connectivity index (χ2n) is 5.81. The lowest BCUT2D eigenvalue weighted by Gasteiger charge is -2.14. The van der Waals surface area contributed by atoms with E-state index in [9.17, 15) is 9.59 Å². The Hall–Kier alpha value is -3.68. The van der Waals surface area contributed by atoms with Crippen LogP contribution in [0, 0.1) is 0 Å². The summed E-state index contributed by atoms with van der Waals surface area (Å²) >= 11 is 0. The number of benzene rings is 2. The number of aromatic amines is 1. The van der Waals surface area contributed by atoms with Crippen LogP contribution in [-0.2, 0) is 4.79 Å². The van der Waals surface area contributed by atoms with E-state index in [0.717, 1.165) is 5.52 Å². The Morgan fingerprint density at radius 1 is 0.893 bits per heavy atom. The number of ether oxygens (including phenoxy) is 4. The maximum Gasteiger partial charge on any atom is 0.296 e. The summed E-state index contributed by atoms with van der Waals surface area (Å²) in [6, 6.07) is 8.34. The van der Waals surface area contributed by atoms with Crippen molar-refractivity contribution in [3.63, 3.8) is 0 Å². The minimum absolute atomic E-state index is 0.249. The third kappa shape index (κ3) is 3.44. The molecule has 0 aliphatic heterocycles. The molecule has 28 heavy (non-hydrogen) atoms. The van der Waals surface area contributed by atoms with Crippen LogP contribution in [0.25, 0.3) is 10.9 Å². The molecular weight excluding hydrogens is 364 g/mol. The van der Waals surface area contributed by atoms with E-state index >= 15 is 0 Å². The standard InChI is InChI=1S/C20H20N2O6/c1-25-12-5-6-15-13(9-12)14(10-21-15)18(23)20(24)22-11-7-16(26-2)19(28-4)17(8-11)27-3/h5-10,21H,1-4H3,(H,22,24). The van der Waals surface area contributed by atoms with Gasteiger partial charge in [0.1, 0.15) is 5.75 Å². The van der Waals surface area contributed by atoms with E-state index in [4.69, 9.17) is 18.9 Å². The molecule has 1 amide bonds. The van der Waals surface area contributed by atoms with Gasteiger partial charge in [0.05, 0.1) is 34.0 Å². The molecule has 0 aliphatic rings. The van der Waals surface area contributed by atoms with Crippen molar-refractivity contribution in [1.29, 1.82) is 0 Å². The molecule has 0 fully saturated rings. The summed E-state index contributed by atoms with van der Waals surface area (Å²) in [7, 11) is 5.95. The number of hydrogen-bond donors (Lipinski definition) is 2.